The number of nitrogens with zero attached hydrogens (tertiary/aromatic N) is 1. The van der Waals surface area contributed by atoms with Crippen LogP contribution in [0.1, 0.15) is 43.5 Å². The summed E-state index contributed by atoms with van der Waals surface area (Å²) in [7, 11) is 0. The van der Waals surface area contributed by atoms with Gasteiger partial charge in [0.2, 0.25) is 17.7 Å². The van der Waals surface area contributed by atoms with Crippen LogP contribution in [-0.2, 0) is 32.1 Å². The fourth-order valence-electron chi connectivity index (χ4n) is 5.21. The average Bonchev–Trinajstić information content (AvgIpc) is 3.28. The lowest BCUT2D eigenvalue weighted by Crippen LogP contribution is -2.59. The molecule has 0 fully saturated rings. The van der Waals surface area contributed by atoms with E-state index in [9.17, 15) is 24.0 Å². The summed E-state index contributed by atoms with van der Waals surface area (Å²) in [6.07, 6.45) is -0.287. The van der Waals surface area contributed by atoms with Gasteiger partial charge in [-0.3, -0.25) is 19.2 Å². The number of benzene rings is 2. The third-order valence-corrected chi connectivity index (χ3v) is 7.22. The van der Waals surface area contributed by atoms with E-state index in [2.05, 4.69) is 20.9 Å². The van der Waals surface area contributed by atoms with Crippen molar-refractivity contribution < 1.29 is 29.1 Å². The number of amides is 5. The highest BCUT2D eigenvalue weighted by atomic mass is 16.4. The number of fused-ring (bicyclic) bond motifs is 3. The minimum atomic E-state index is -1.44. The zero-order valence-corrected chi connectivity index (χ0v) is 23.8. The Morgan fingerprint density at radius 1 is 1.05 bits per heavy atom. The number of nitrogens with one attached hydrogen (secondary N) is 4. The number of carboxylic acid groups (broad SMARTS) is 1. The van der Waals surface area contributed by atoms with Gasteiger partial charge in [0.15, 0.2) is 0 Å². The predicted octanol–water partition coefficient (Wildman–Crippen LogP) is 2.41. The van der Waals surface area contributed by atoms with Gasteiger partial charge < -0.3 is 36.7 Å². The minimum Gasteiger partial charge on any atom is -0.481 e. The monoisotopic (exact) mass is 576 g/mol. The molecule has 4 rings (SSSR count). The van der Waals surface area contributed by atoms with Crippen molar-refractivity contribution >= 4 is 46.3 Å². The number of carboxylic acids is 1. The molecule has 1 aliphatic rings. The number of carbonyl (C=O) groups is 5. The smallest absolute Gasteiger partial charge is 0.322 e. The number of nitrogens with two attached hydrogens (primary N) is 1. The summed E-state index contributed by atoms with van der Waals surface area (Å²) < 4.78 is 0. The lowest BCUT2D eigenvalue weighted by Gasteiger charge is -2.35. The van der Waals surface area contributed by atoms with E-state index in [4.69, 9.17) is 10.8 Å². The minimum absolute atomic E-state index is 0.0418. The molecular weight excluding hydrogens is 540 g/mol. The number of urea groups is 1. The number of hydrogen-bond donors (Lipinski definition) is 6. The number of primary amides is 1. The molecule has 42 heavy (non-hydrogen) atoms. The van der Waals surface area contributed by atoms with Gasteiger partial charge in [0.25, 0.3) is 0 Å². The second-order valence-electron chi connectivity index (χ2n) is 11.0. The molecule has 5 amide bonds. The number of aliphatic carboxylic acids is 1. The number of aromatic amines is 1. The second kappa shape index (κ2) is 12.8. The zero-order valence-electron chi connectivity index (χ0n) is 23.8. The number of H-pyrrole nitrogens is 1. The highest BCUT2D eigenvalue weighted by Gasteiger charge is 2.38. The van der Waals surface area contributed by atoms with Crippen molar-refractivity contribution in [2.45, 2.75) is 64.7 Å². The molecule has 1 aliphatic heterocycles. The lowest BCUT2D eigenvalue weighted by molar-refractivity contribution is -0.140. The summed E-state index contributed by atoms with van der Waals surface area (Å²) in [6, 6.07) is 11.0. The predicted molar refractivity (Wildman–Crippen MR) is 156 cm³/mol. The summed E-state index contributed by atoms with van der Waals surface area (Å²) in [4.78, 5) is 68.4. The second-order valence-corrected chi connectivity index (χ2v) is 11.0. The molecule has 3 aromatic rings. The van der Waals surface area contributed by atoms with Gasteiger partial charge in [-0.05, 0) is 48.6 Å². The summed E-state index contributed by atoms with van der Waals surface area (Å²) in [6.45, 7) is 5.75. The van der Waals surface area contributed by atoms with Crippen LogP contribution in [0, 0.1) is 12.8 Å². The van der Waals surface area contributed by atoms with E-state index in [1.807, 2.05) is 63.2 Å². The number of carbonyl (C=O) groups excluding carboxylic acids is 4. The van der Waals surface area contributed by atoms with Crippen LogP contribution >= 0.6 is 0 Å². The van der Waals surface area contributed by atoms with Crippen LogP contribution < -0.4 is 21.7 Å². The number of rotatable bonds is 10. The lowest BCUT2D eigenvalue weighted by atomic mass is 9.95. The molecule has 7 N–H and O–H groups in total. The quantitative estimate of drug-likeness (QED) is 0.215. The van der Waals surface area contributed by atoms with E-state index in [0.717, 1.165) is 27.7 Å². The average molecular weight is 577 g/mol. The molecule has 2 aromatic carbocycles. The molecule has 0 saturated carbocycles. The van der Waals surface area contributed by atoms with Crippen molar-refractivity contribution in [3.05, 3.63) is 65.4 Å². The van der Waals surface area contributed by atoms with Crippen molar-refractivity contribution in [3.8, 4) is 0 Å². The van der Waals surface area contributed by atoms with Crippen LogP contribution in [0.15, 0.2) is 48.5 Å². The van der Waals surface area contributed by atoms with Gasteiger partial charge in [-0.2, -0.15) is 0 Å². The van der Waals surface area contributed by atoms with Gasteiger partial charge in [0.05, 0.1) is 13.0 Å². The van der Waals surface area contributed by atoms with Gasteiger partial charge >= 0.3 is 12.0 Å². The molecule has 12 heteroatoms. The Labute approximate surface area is 243 Å². The van der Waals surface area contributed by atoms with Crippen molar-refractivity contribution in [1.29, 1.82) is 0 Å². The van der Waals surface area contributed by atoms with E-state index < -0.39 is 54.3 Å². The Bertz CT molecular complexity index is 1510. The molecule has 0 bridgehead atoms. The van der Waals surface area contributed by atoms with Gasteiger partial charge in [0.1, 0.15) is 18.1 Å². The molecule has 1 aromatic heterocycles. The molecule has 3 atom stereocenters. The summed E-state index contributed by atoms with van der Waals surface area (Å²) in [5.74, 6) is -3.64. The van der Waals surface area contributed by atoms with Crippen molar-refractivity contribution in [2.75, 3.05) is 5.32 Å². The van der Waals surface area contributed by atoms with Crippen LogP contribution in [-0.4, -0.2) is 62.8 Å². The molecule has 0 unspecified atom stereocenters. The van der Waals surface area contributed by atoms with Gasteiger partial charge in [-0.15, -0.1) is 0 Å². The van der Waals surface area contributed by atoms with Gasteiger partial charge in [-0.1, -0.05) is 44.2 Å². The standard InChI is InChI=1S/C30H36N6O6/c1-16(2)11-23(28(40)34-22(27(31)39)14-26(37)38)35-29(41)25-13-20-19-9-4-5-10-21(19)33-24(20)15-36(25)30(42)32-18-8-6-7-17(3)12-18/h4-10,12,16,22-23,25,33H,11,13-15H2,1-3H3,(H2,31,39)(H,32,42)(H,34,40)(H,35,41)(H,37,38)/t22-,23-,25+/m1/s1. The number of aromatic nitrogens is 1. The first-order chi connectivity index (χ1) is 19.9. The Balaban J connectivity index is 1.62. The SMILES string of the molecule is Cc1cccc(NC(=O)N2Cc3[nH]c4ccccc4c3C[C@H]2C(=O)N[C@H](CC(C)C)C(=O)N[C@H](CC(=O)O)C(N)=O)c1. The van der Waals surface area contributed by atoms with Crippen LogP contribution in [0.4, 0.5) is 10.5 Å². The molecule has 2 heterocycles. The summed E-state index contributed by atoms with van der Waals surface area (Å²) >= 11 is 0. The summed E-state index contributed by atoms with van der Waals surface area (Å²) in [5, 5.41) is 18.1. The van der Waals surface area contributed by atoms with Crippen molar-refractivity contribution in [2.24, 2.45) is 11.7 Å². The number of para-hydroxylation sites is 1. The Morgan fingerprint density at radius 2 is 1.79 bits per heavy atom. The third kappa shape index (κ3) is 7.06. The maximum atomic E-state index is 13.9. The maximum absolute atomic E-state index is 13.9. The molecular formula is C30H36N6O6. The van der Waals surface area contributed by atoms with Gasteiger partial charge in [0, 0.05) is 28.7 Å². The largest absolute Gasteiger partial charge is 0.481 e. The normalized spacial score (nSPS) is 15.9. The maximum Gasteiger partial charge on any atom is 0.322 e. The fraction of sp³-hybridized carbons (Fsp3) is 0.367. The van der Waals surface area contributed by atoms with Crippen LogP contribution in [0.5, 0.6) is 0 Å². The topological polar surface area (TPSA) is 187 Å². The first kappa shape index (κ1) is 30.1. The first-order valence-electron chi connectivity index (χ1n) is 13.8. The van der Waals surface area contributed by atoms with Crippen LogP contribution in [0.3, 0.4) is 0 Å². The highest BCUT2D eigenvalue weighted by Crippen LogP contribution is 2.31. The van der Waals surface area contributed by atoms with Crippen molar-refractivity contribution in [3.63, 3.8) is 0 Å². The first-order valence-corrected chi connectivity index (χ1v) is 13.8. The zero-order chi connectivity index (χ0) is 30.6. The molecule has 0 radical (unpaired) electrons. The molecule has 222 valence electrons. The van der Waals surface area contributed by atoms with Crippen LogP contribution in [0.2, 0.25) is 0 Å². The molecule has 0 spiro atoms. The number of aryl methyl sites for hydroxylation is 1. The third-order valence-electron chi connectivity index (χ3n) is 7.22. The Morgan fingerprint density at radius 3 is 2.45 bits per heavy atom. The van der Waals surface area contributed by atoms with E-state index in [1.54, 1.807) is 6.07 Å². The van der Waals surface area contributed by atoms with Crippen LogP contribution in [0.25, 0.3) is 10.9 Å². The van der Waals surface area contributed by atoms with Gasteiger partial charge in [-0.25, -0.2) is 4.79 Å². The Kier molecular flexibility index (Phi) is 9.14. The van der Waals surface area contributed by atoms with E-state index in [-0.39, 0.29) is 25.3 Å². The number of hydrogen-bond acceptors (Lipinski definition) is 5. The molecule has 0 saturated heterocycles. The number of anilines is 1. The van der Waals surface area contributed by atoms with E-state index in [0.29, 0.717) is 5.69 Å². The molecule has 0 aliphatic carbocycles. The van der Waals surface area contributed by atoms with Crippen molar-refractivity contribution in [1.82, 2.24) is 20.5 Å². The Hall–Kier alpha value is -4.87. The molecule has 12 nitrogen and oxygen atoms in total. The fourth-order valence-corrected chi connectivity index (χ4v) is 5.21. The van der Waals surface area contributed by atoms with E-state index in [1.165, 1.54) is 4.90 Å². The highest BCUT2D eigenvalue weighted by molar-refractivity contribution is 5.98. The van der Waals surface area contributed by atoms with E-state index >= 15 is 0 Å². The summed E-state index contributed by atoms with van der Waals surface area (Å²) in [5.41, 5.74) is 9.44.